The van der Waals surface area contributed by atoms with E-state index in [0.29, 0.717) is 0 Å². The number of ether oxygens (including phenoxy) is 1. The number of rotatable bonds is 4. The summed E-state index contributed by atoms with van der Waals surface area (Å²) in [6, 6.07) is 4.31. The number of carbonyl (C=O) groups excluding carboxylic acids is 1. The average Bonchev–Trinajstić information content (AvgIpc) is 2.38. The summed E-state index contributed by atoms with van der Waals surface area (Å²) in [5, 5.41) is 10.0. The first kappa shape index (κ1) is 15.5. The van der Waals surface area contributed by atoms with E-state index in [1.54, 1.807) is 6.92 Å². The van der Waals surface area contributed by atoms with Gasteiger partial charge in [-0.15, -0.1) is 0 Å². The maximum absolute atomic E-state index is 12.6. The quantitative estimate of drug-likeness (QED) is 0.860. The monoisotopic (exact) mass is 276 g/mol. The van der Waals surface area contributed by atoms with Gasteiger partial charge in [0.2, 0.25) is 0 Å². The van der Waals surface area contributed by atoms with Crippen molar-refractivity contribution in [1.82, 2.24) is 0 Å². The largest absolute Gasteiger partial charge is 0.469 e. The van der Waals surface area contributed by atoms with Gasteiger partial charge in [-0.2, -0.15) is 13.2 Å². The van der Waals surface area contributed by atoms with Crippen LogP contribution >= 0.6 is 0 Å². The van der Waals surface area contributed by atoms with Gasteiger partial charge in [0.1, 0.15) is 0 Å². The second-order valence-corrected chi connectivity index (χ2v) is 4.11. The van der Waals surface area contributed by atoms with Gasteiger partial charge in [-0.25, -0.2) is 0 Å². The highest BCUT2D eigenvalue weighted by Crippen LogP contribution is 2.33. The number of alkyl halides is 3. The highest BCUT2D eigenvalue weighted by molar-refractivity contribution is 5.73. The number of carbonyl (C=O) groups is 1. The van der Waals surface area contributed by atoms with Gasteiger partial charge in [-0.1, -0.05) is 19.1 Å². The van der Waals surface area contributed by atoms with Crippen LogP contribution in [0, 0.1) is 5.92 Å². The fraction of sp³-hybridized carbons (Fsp3) is 0.462. The molecule has 1 rings (SSSR count). The number of aliphatic hydroxyl groups is 1. The molecule has 0 aromatic heterocycles. The summed E-state index contributed by atoms with van der Waals surface area (Å²) >= 11 is 0. The molecule has 0 heterocycles. The lowest BCUT2D eigenvalue weighted by molar-refractivity contribution is -0.149. The number of esters is 1. The highest BCUT2D eigenvalue weighted by Gasteiger charge is 2.33. The number of hydrogen-bond acceptors (Lipinski definition) is 3. The molecule has 1 aromatic rings. The van der Waals surface area contributed by atoms with Gasteiger partial charge in [-0.05, 0) is 24.1 Å². The van der Waals surface area contributed by atoms with E-state index < -0.39 is 29.7 Å². The van der Waals surface area contributed by atoms with Crippen LogP contribution < -0.4 is 0 Å². The van der Waals surface area contributed by atoms with E-state index in [1.165, 1.54) is 19.2 Å². The van der Waals surface area contributed by atoms with Crippen molar-refractivity contribution in [2.75, 3.05) is 7.11 Å². The highest BCUT2D eigenvalue weighted by atomic mass is 19.4. The lowest BCUT2D eigenvalue weighted by atomic mass is 9.92. The van der Waals surface area contributed by atoms with Crippen LogP contribution in [0.1, 0.15) is 30.6 Å². The van der Waals surface area contributed by atoms with Gasteiger partial charge >= 0.3 is 12.1 Å². The summed E-state index contributed by atoms with van der Waals surface area (Å²) in [5.74, 6) is -1.53. The Morgan fingerprint density at radius 1 is 1.42 bits per heavy atom. The lowest BCUT2D eigenvalue weighted by Gasteiger charge is -2.20. The molecule has 0 amide bonds. The fourth-order valence-electron chi connectivity index (χ4n) is 1.80. The van der Waals surface area contributed by atoms with Crippen LogP contribution in [0.25, 0.3) is 0 Å². The maximum atomic E-state index is 12.6. The molecule has 0 saturated heterocycles. The molecule has 0 aliphatic heterocycles. The Kier molecular flexibility index (Phi) is 4.94. The van der Waals surface area contributed by atoms with E-state index in [0.717, 1.165) is 12.1 Å². The zero-order valence-corrected chi connectivity index (χ0v) is 10.6. The van der Waals surface area contributed by atoms with Crippen LogP contribution in [0.4, 0.5) is 13.2 Å². The molecule has 2 unspecified atom stereocenters. The number of methoxy groups -OCH3 is 1. The van der Waals surface area contributed by atoms with Crippen LogP contribution in [0.5, 0.6) is 0 Å². The molecule has 0 aliphatic rings. The smallest absolute Gasteiger partial charge is 0.416 e. The number of halogens is 3. The Balaban J connectivity index is 3.05. The van der Waals surface area contributed by atoms with Gasteiger partial charge in [0.15, 0.2) is 0 Å². The molecule has 1 N–H and O–H groups in total. The summed E-state index contributed by atoms with van der Waals surface area (Å²) < 4.78 is 42.2. The molecule has 1 aromatic carbocycles. The molecular weight excluding hydrogens is 261 g/mol. The summed E-state index contributed by atoms with van der Waals surface area (Å²) in [6.45, 7) is 1.65. The average molecular weight is 276 g/mol. The molecule has 0 spiro atoms. The fourth-order valence-corrected chi connectivity index (χ4v) is 1.80. The van der Waals surface area contributed by atoms with E-state index in [1.807, 2.05) is 0 Å². The first-order chi connectivity index (χ1) is 8.81. The summed E-state index contributed by atoms with van der Waals surface area (Å²) in [7, 11) is 1.17. The zero-order chi connectivity index (χ0) is 14.6. The van der Waals surface area contributed by atoms with Crippen LogP contribution in [-0.4, -0.2) is 18.2 Å². The third-order valence-electron chi connectivity index (χ3n) is 2.88. The van der Waals surface area contributed by atoms with Crippen molar-refractivity contribution in [3.05, 3.63) is 35.4 Å². The first-order valence-electron chi connectivity index (χ1n) is 5.74. The minimum atomic E-state index is -4.48. The Labute approximate surface area is 109 Å². The SMILES string of the molecule is CCC(C(=O)OC)C(O)c1cccc(C(F)(F)F)c1. The number of hydrogen-bond donors (Lipinski definition) is 1. The van der Waals surface area contributed by atoms with Crippen LogP contribution in [0.2, 0.25) is 0 Å². The maximum Gasteiger partial charge on any atom is 0.416 e. The molecule has 0 bridgehead atoms. The topological polar surface area (TPSA) is 46.5 Å². The normalized spacial score (nSPS) is 14.8. The van der Waals surface area contributed by atoms with Crippen molar-refractivity contribution in [1.29, 1.82) is 0 Å². The minimum absolute atomic E-state index is 0.0482. The Bertz CT molecular complexity index is 443. The van der Waals surface area contributed by atoms with Crippen molar-refractivity contribution in [2.45, 2.75) is 25.6 Å². The van der Waals surface area contributed by atoms with Gasteiger partial charge < -0.3 is 9.84 Å². The van der Waals surface area contributed by atoms with Gasteiger partial charge in [0, 0.05) is 0 Å². The van der Waals surface area contributed by atoms with Crippen molar-refractivity contribution in [3.63, 3.8) is 0 Å². The molecule has 0 saturated carbocycles. The minimum Gasteiger partial charge on any atom is -0.469 e. The summed E-state index contributed by atoms with van der Waals surface area (Å²) in [6.07, 6.45) is -5.54. The third-order valence-corrected chi connectivity index (χ3v) is 2.88. The number of benzene rings is 1. The van der Waals surface area contributed by atoms with Gasteiger partial charge in [-0.3, -0.25) is 4.79 Å². The van der Waals surface area contributed by atoms with Crippen molar-refractivity contribution in [2.24, 2.45) is 5.92 Å². The predicted octanol–water partition coefficient (Wildman–Crippen LogP) is 2.94. The third kappa shape index (κ3) is 3.70. The molecule has 106 valence electrons. The predicted molar refractivity (Wildman–Crippen MR) is 62.2 cm³/mol. The number of aliphatic hydroxyl groups excluding tert-OH is 1. The molecule has 0 fully saturated rings. The van der Waals surface area contributed by atoms with Crippen molar-refractivity contribution >= 4 is 5.97 Å². The molecule has 0 aliphatic carbocycles. The van der Waals surface area contributed by atoms with Gasteiger partial charge in [0.05, 0.1) is 24.7 Å². The Hall–Kier alpha value is -1.56. The van der Waals surface area contributed by atoms with E-state index >= 15 is 0 Å². The lowest BCUT2D eigenvalue weighted by Crippen LogP contribution is -2.23. The molecular formula is C13H15F3O3. The van der Waals surface area contributed by atoms with E-state index in [4.69, 9.17) is 0 Å². The standard InChI is InChI=1S/C13H15F3O3/c1-3-10(12(18)19-2)11(17)8-5-4-6-9(7-8)13(14,15)16/h4-7,10-11,17H,3H2,1-2H3. The van der Waals surface area contributed by atoms with Crippen LogP contribution in [-0.2, 0) is 15.7 Å². The molecule has 2 atom stereocenters. The Morgan fingerprint density at radius 3 is 2.53 bits per heavy atom. The summed E-state index contributed by atoms with van der Waals surface area (Å²) in [4.78, 5) is 11.4. The van der Waals surface area contributed by atoms with Crippen LogP contribution in [0.3, 0.4) is 0 Å². The second-order valence-electron chi connectivity index (χ2n) is 4.11. The summed E-state index contributed by atoms with van der Waals surface area (Å²) in [5.41, 5.74) is -0.809. The molecule has 19 heavy (non-hydrogen) atoms. The molecule has 0 radical (unpaired) electrons. The van der Waals surface area contributed by atoms with Gasteiger partial charge in [0.25, 0.3) is 0 Å². The molecule has 6 heteroatoms. The van der Waals surface area contributed by atoms with E-state index in [2.05, 4.69) is 4.74 Å². The van der Waals surface area contributed by atoms with Crippen molar-refractivity contribution in [3.8, 4) is 0 Å². The zero-order valence-electron chi connectivity index (χ0n) is 10.6. The Morgan fingerprint density at radius 2 is 2.05 bits per heavy atom. The van der Waals surface area contributed by atoms with Crippen molar-refractivity contribution < 1.29 is 27.8 Å². The van der Waals surface area contributed by atoms with Crippen LogP contribution in [0.15, 0.2) is 24.3 Å². The second kappa shape index (κ2) is 6.06. The first-order valence-corrected chi connectivity index (χ1v) is 5.74. The van der Waals surface area contributed by atoms with E-state index in [-0.39, 0.29) is 12.0 Å². The molecule has 3 nitrogen and oxygen atoms in total. The van der Waals surface area contributed by atoms with E-state index in [9.17, 15) is 23.1 Å².